The van der Waals surface area contributed by atoms with Gasteiger partial charge in [0.25, 0.3) is 0 Å². The van der Waals surface area contributed by atoms with E-state index in [1.807, 2.05) is 22.9 Å². The molecular weight excluding hydrogens is 456 g/mol. The smallest absolute Gasteiger partial charge is 0.341 e. The summed E-state index contributed by atoms with van der Waals surface area (Å²) in [6.45, 7) is 2.81. The van der Waals surface area contributed by atoms with E-state index in [1.54, 1.807) is 25.4 Å². The van der Waals surface area contributed by atoms with Crippen LogP contribution in [0.1, 0.15) is 30.1 Å². The summed E-state index contributed by atoms with van der Waals surface area (Å²) in [5, 5.41) is 9.52. The van der Waals surface area contributed by atoms with Crippen molar-refractivity contribution in [3.63, 3.8) is 0 Å². The van der Waals surface area contributed by atoms with Gasteiger partial charge in [0, 0.05) is 24.3 Å². The summed E-state index contributed by atoms with van der Waals surface area (Å²) in [5.41, 5.74) is 2.28. The van der Waals surface area contributed by atoms with E-state index in [2.05, 4.69) is 15.3 Å². The van der Waals surface area contributed by atoms with Crippen molar-refractivity contribution in [2.45, 2.75) is 26.3 Å². The van der Waals surface area contributed by atoms with Crippen LogP contribution in [0.3, 0.4) is 0 Å². The molecule has 0 saturated heterocycles. The lowest BCUT2D eigenvalue weighted by Crippen LogP contribution is -2.09. The Morgan fingerprint density at radius 2 is 2.12 bits per heavy atom. The highest BCUT2D eigenvalue weighted by atomic mass is 35.5. The van der Waals surface area contributed by atoms with Crippen LogP contribution in [0.4, 0.5) is 11.5 Å². The number of halogens is 1. The molecule has 34 heavy (non-hydrogen) atoms. The molecule has 1 N–H and O–H groups in total. The number of pyridine rings is 1. The number of nitrogens with one attached hydrogen (secondary N) is 1. The van der Waals surface area contributed by atoms with E-state index >= 15 is 0 Å². The summed E-state index contributed by atoms with van der Waals surface area (Å²) < 4.78 is 12.6. The molecule has 1 aliphatic rings. The second-order valence-corrected chi connectivity index (χ2v) is 8.39. The van der Waals surface area contributed by atoms with Crippen LogP contribution < -0.4 is 10.1 Å². The SMILES string of the molecule is CCOC(=O)c1cnccc1Nc1nc(-c2nn(CC3CC3)c3c(Cl)cccc23)ncc1OC. The Balaban J connectivity index is 1.57. The number of hydrogen-bond acceptors (Lipinski definition) is 8. The molecule has 3 heterocycles. The number of aromatic nitrogens is 5. The van der Waals surface area contributed by atoms with Gasteiger partial charge in [-0.25, -0.2) is 14.8 Å². The molecule has 0 aliphatic heterocycles. The van der Waals surface area contributed by atoms with E-state index in [0.717, 1.165) is 17.4 Å². The molecule has 0 unspecified atom stereocenters. The number of rotatable bonds is 8. The lowest BCUT2D eigenvalue weighted by Gasteiger charge is -2.13. The molecule has 0 spiro atoms. The molecule has 174 valence electrons. The van der Waals surface area contributed by atoms with Gasteiger partial charge in [0.15, 0.2) is 17.4 Å². The van der Waals surface area contributed by atoms with Crippen LogP contribution >= 0.6 is 11.6 Å². The van der Waals surface area contributed by atoms with Gasteiger partial charge in [0.2, 0.25) is 0 Å². The summed E-state index contributed by atoms with van der Waals surface area (Å²) in [6.07, 6.45) is 7.00. The number of hydrogen-bond donors (Lipinski definition) is 1. The number of fused-ring (bicyclic) bond motifs is 1. The Morgan fingerprint density at radius 3 is 2.88 bits per heavy atom. The molecular formula is C24H23ClN6O3. The van der Waals surface area contributed by atoms with Crippen molar-refractivity contribution in [3.8, 4) is 17.3 Å². The summed E-state index contributed by atoms with van der Waals surface area (Å²) in [4.78, 5) is 25.6. The van der Waals surface area contributed by atoms with E-state index in [1.165, 1.54) is 26.1 Å². The Bertz CT molecular complexity index is 1370. The fourth-order valence-corrected chi connectivity index (χ4v) is 4.03. The van der Waals surface area contributed by atoms with Gasteiger partial charge >= 0.3 is 5.97 Å². The number of para-hydroxylation sites is 1. The van der Waals surface area contributed by atoms with Crippen molar-refractivity contribution in [2.75, 3.05) is 19.0 Å². The lowest BCUT2D eigenvalue weighted by atomic mass is 10.2. The number of carbonyl (C=O) groups excluding carboxylic acids is 1. The van der Waals surface area contributed by atoms with Gasteiger partial charge in [-0.3, -0.25) is 9.67 Å². The maximum absolute atomic E-state index is 12.4. The normalized spacial score (nSPS) is 13.1. The average molecular weight is 479 g/mol. The molecule has 1 fully saturated rings. The molecule has 1 aliphatic carbocycles. The number of nitrogens with zero attached hydrogens (tertiary/aromatic N) is 5. The quantitative estimate of drug-likeness (QED) is 0.357. The number of ether oxygens (including phenoxy) is 2. The lowest BCUT2D eigenvalue weighted by molar-refractivity contribution is 0.0527. The molecule has 5 rings (SSSR count). The predicted molar refractivity (Wildman–Crippen MR) is 129 cm³/mol. The molecule has 1 saturated carbocycles. The number of methoxy groups -OCH3 is 1. The first kappa shape index (κ1) is 22.1. The van der Waals surface area contributed by atoms with E-state index in [-0.39, 0.29) is 12.2 Å². The van der Waals surface area contributed by atoms with E-state index < -0.39 is 5.97 Å². The molecule has 0 bridgehead atoms. The van der Waals surface area contributed by atoms with Crippen molar-refractivity contribution >= 4 is 40.0 Å². The van der Waals surface area contributed by atoms with Gasteiger partial charge in [0.05, 0.1) is 36.1 Å². The van der Waals surface area contributed by atoms with Crippen molar-refractivity contribution in [1.82, 2.24) is 24.7 Å². The molecule has 9 nitrogen and oxygen atoms in total. The fraction of sp³-hybridized carbons (Fsp3) is 0.292. The molecule has 4 aromatic rings. The first-order valence-corrected chi connectivity index (χ1v) is 11.4. The number of carbonyl (C=O) groups is 1. The molecule has 0 radical (unpaired) electrons. The summed E-state index contributed by atoms with van der Waals surface area (Å²) in [7, 11) is 1.53. The zero-order valence-electron chi connectivity index (χ0n) is 18.8. The van der Waals surface area contributed by atoms with Crippen LogP contribution in [0.15, 0.2) is 42.9 Å². The summed E-state index contributed by atoms with van der Waals surface area (Å²) >= 11 is 6.54. The molecule has 1 aromatic carbocycles. The molecule has 10 heteroatoms. The third-order valence-corrected chi connectivity index (χ3v) is 5.91. The van der Waals surface area contributed by atoms with Gasteiger partial charge in [-0.05, 0) is 37.8 Å². The number of benzene rings is 1. The van der Waals surface area contributed by atoms with Crippen LogP contribution in [-0.4, -0.2) is 44.4 Å². The highest BCUT2D eigenvalue weighted by Gasteiger charge is 2.26. The standard InChI is InChI=1S/C24H23ClN6O3/c1-3-34-24(32)16-11-26-10-9-18(16)28-22-19(33-2)12-27-23(29-22)20-15-5-4-6-17(25)21(15)31(30-20)13-14-7-8-14/h4-6,9-12,14H,3,7-8,13H2,1-2H3,(H,26,27,28,29). The minimum atomic E-state index is -0.481. The van der Waals surface area contributed by atoms with Crippen LogP contribution in [0, 0.1) is 5.92 Å². The maximum Gasteiger partial charge on any atom is 0.341 e. The first-order chi connectivity index (χ1) is 16.6. The summed E-state index contributed by atoms with van der Waals surface area (Å²) in [6, 6.07) is 7.39. The first-order valence-electron chi connectivity index (χ1n) is 11.0. The minimum Gasteiger partial charge on any atom is -0.491 e. The second kappa shape index (κ2) is 9.26. The monoisotopic (exact) mass is 478 g/mol. The molecule has 3 aromatic heterocycles. The van der Waals surface area contributed by atoms with Gasteiger partial charge in [-0.2, -0.15) is 5.10 Å². The summed E-state index contributed by atoms with van der Waals surface area (Å²) in [5.74, 6) is 1.35. The average Bonchev–Trinajstić information content (AvgIpc) is 3.58. The third-order valence-electron chi connectivity index (χ3n) is 5.61. The van der Waals surface area contributed by atoms with Gasteiger partial charge in [0.1, 0.15) is 11.3 Å². The van der Waals surface area contributed by atoms with Crippen molar-refractivity contribution in [3.05, 3.63) is 53.4 Å². The van der Waals surface area contributed by atoms with E-state index in [4.69, 9.17) is 31.2 Å². The van der Waals surface area contributed by atoms with Crippen molar-refractivity contribution in [2.24, 2.45) is 5.92 Å². The highest BCUT2D eigenvalue weighted by Crippen LogP contribution is 2.36. The van der Waals surface area contributed by atoms with Crippen LogP contribution in [0.25, 0.3) is 22.4 Å². The van der Waals surface area contributed by atoms with E-state index in [9.17, 15) is 4.79 Å². The fourth-order valence-electron chi connectivity index (χ4n) is 3.76. The van der Waals surface area contributed by atoms with E-state index in [0.29, 0.717) is 39.7 Å². The van der Waals surface area contributed by atoms with Crippen molar-refractivity contribution in [1.29, 1.82) is 0 Å². The Labute approximate surface area is 201 Å². The largest absolute Gasteiger partial charge is 0.491 e. The van der Waals surface area contributed by atoms with Crippen LogP contribution in [0.5, 0.6) is 5.75 Å². The van der Waals surface area contributed by atoms with Crippen LogP contribution in [0.2, 0.25) is 5.02 Å². The Hall–Kier alpha value is -3.72. The number of esters is 1. The maximum atomic E-state index is 12.4. The zero-order chi connectivity index (χ0) is 23.7. The van der Waals surface area contributed by atoms with Crippen molar-refractivity contribution < 1.29 is 14.3 Å². The Kier molecular flexibility index (Phi) is 6.02. The Morgan fingerprint density at radius 1 is 1.26 bits per heavy atom. The predicted octanol–water partition coefficient (Wildman–Crippen LogP) is 4.88. The zero-order valence-corrected chi connectivity index (χ0v) is 19.5. The highest BCUT2D eigenvalue weighted by molar-refractivity contribution is 6.35. The molecule has 0 amide bonds. The second-order valence-electron chi connectivity index (χ2n) is 7.99. The third kappa shape index (κ3) is 4.26. The topological polar surface area (TPSA) is 104 Å². The minimum absolute atomic E-state index is 0.257. The van der Waals surface area contributed by atoms with Gasteiger partial charge < -0.3 is 14.8 Å². The molecule has 0 atom stereocenters. The van der Waals surface area contributed by atoms with Crippen LogP contribution in [-0.2, 0) is 11.3 Å². The van der Waals surface area contributed by atoms with Gasteiger partial charge in [-0.15, -0.1) is 0 Å². The number of anilines is 2. The van der Waals surface area contributed by atoms with Gasteiger partial charge in [-0.1, -0.05) is 23.7 Å².